The molecular formula is C25H29N7O. The fourth-order valence-corrected chi connectivity index (χ4v) is 4.40. The molecule has 8 heteroatoms. The lowest BCUT2D eigenvalue weighted by atomic mass is 10.0. The van der Waals surface area contributed by atoms with Gasteiger partial charge in [-0.05, 0) is 69.1 Å². The Bertz CT molecular complexity index is 1400. The molecule has 170 valence electrons. The zero-order valence-corrected chi connectivity index (χ0v) is 19.3. The van der Waals surface area contributed by atoms with E-state index in [-0.39, 0.29) is 11.1 Å². The summed E-state index contributed by atoms with van der Waals surface area (Å²) in [6, 6.07) is 10.3. The van der Waals surface area contributed by atoms with Crippen molar-refractivity contribution in [2.24, 2.45) is 0 Å². The summed E-state index contributed by atoms with van der Waals surface area (Å²) in [4.78, 5) is 22.4. The number of benzene rings is 1. The first-order valence-electron chi connectivity index (χ1n) is 11.2. The Balaban J connectivity index is 1.63. The van der Waals surface area contributed by atoms with Crippen molar-refractivity contribution in [3.63, 3.8) is 0 Å². The van der Waals surface area contributed by atoms with Gasteiger partial charge in [-0.25, -0.2) is 14.3 Å². The lowest BCUT2D eigenvalue weighted by molar-refractivity contribution is 0.386. The highest BCUT2D eigenvalue weighted by molar-refractivity contribution is 5.77. The molecule has 33 heavy (non-hydrogen) atoms. The molecule has 8 nitrogen and oxygen atoms in total. The molecule has 0 radical (unpaired) electrons. The molecule has 1 aromatic carbocycles. The second kappa shape index (κ2) is 8.04. The van der Waals surface area contributed by atoms with Crippen molar-refractivity contribution in [2.45, 2.75) is 45.8 Å². The van der Waals surface area contributed by atoms with Gasteiger partial charge in [-0.15, -0.1) is 6.58 Å². The molecule has 0 bridgehead atoms. The molecule has 1 aliphatic heterocycles. The van der Waals surface area contributed by atoms with Crippen molar-refractivity contribution < 1.29 is 0 Å². The third kappa shape index (κ3) is 3.76. The van der Waals surface area contributed by atoms with Crippen LogP contribution in [0.1, 0.15) is 31.9 Å². The molecular weight excluding hydrogens is 414 g/mol. The molecule has 4 aromatic rings. The average molecular weight is 444 g/mol. The van der Waals surface area contributed by atoms with Gasteiger partial charge in [-0.2, -0.15) is 4.98 Å². The number of hydrogen-bond donors (Lipinski definition) is 2. The van der Waals surface area contributed by atoms with E-state index in [1.165, 1.54) is 11.1 Å². The number of fused-ring (bicyclic) bond motifs is 2. The Kier molecular flexibility index (Phi) is 5.17. The predicted octanol–water partition coefficient (Wildman–Crippen LogP) is 3.71. The Hall–Kier alpha value is -3.65. The van der Waals surface area contributed by atoms with E-state index in [4.69, 9.17) is 4.98 Å². The van der Waals surface area contributed by atoms with Crippen LogP contribution in [-0.2, 0) is 25.0 Å². The van der Waals surface area contributed by atoms with Crippen molar-refractivity contribution >= 4 is 22.7 Å². The van der Waals surface area contributed by atoms with E-state index in [0.29, 0.717) is 23.5 Å². The van der Waals surface area contributed by atoms with Gasteiger partial charge in [0, 0.05) is 30.2 Å². The Morgan fingerprint density at radius 2 is 2.09 bits per heavy atom. The summed E-state index contributed by atoms with van der Waals surface area (Å²) in [6.45, 7) is 12.5. The molecule has 0 saturated carbocycles. The molecule has 5 rings (SSSR count). The van der Waals surface area contributed by atoms with Crippen LogP contribution in [0, 0.1) is 0 Å². The molecule has 1 aliphatic rings. The molecule has 4 heterocycles. The monoisotopic (exact) mass is 443 g/mol. The van der Waals surface area contributed by atoms with Crippen LogP contribution in [0.2, 0.25) is 0 Å². The maximum Gasteiger partial charge on any atom is 0.278 e. The second-order valence-electron chi connectivity index (χ2n) is 9.36. The van der Waals surface area contributed by atoms with Crippen LogP contribution >= 0.6 is 0 Å². The van der Waals surface area contributed by atoms with E-state index in [1.54, 1.807) is 17.0 Å². The number of aromatic nitrogens is 5. The van der Waals surface area contributed by atoms with E-state index < -0.39 is 0 Å². The normalized spacial score (nSPS) is 13.8. The minimum absolute atomic E-state index is 0.139. The highest BCUT2D eigenvalue weighted by Crippen LogP contribution is 2.25. The van der Waals surface area contributed by atoms with Gasteiger partial charge in [0.1, 0.15) is 11.2 Å². The first kappa shape index (κ1) is 21.2. The molecule has 0 unspecified atom stereocenters. The molecule has 0 amide bonds. The maximum absolute atomic E-state index is 13.2. The van der Waals surface area contributed by atoms with Crippen LogP contribution in [0.5, 0.6) is 0 Å². The van der Waals surface area contributed by atoms with Crippen LogP contribution in [0.15, 0.2) is 60.2 Å². The number of hydrogen-bond acceptors (Lipinski definition) is 5. The van der Waals surface area contributed by atoms with Gasteiger partial charge >= 0.3 is 0 Å². The summed E-state index contributed by atoms with van der Waals surface area (Å²) < 4.78 is 5.66. The Morgan fingerprint density at radius 1 is 1.24 bits per heavy atom. The molecule has 2 N–H and O–H groups in total. The third-order valence-electron chi connectivity index (χ3n) is 5.99. The van der Waals surface area contributed by atoms with Crippen molar-refractivity contribution in [3.8, 4) is 5.82 Å². The Morgan fingerprint density at radius 3 is 2.88 bits per heavy atom. The molecule has 0 atom stereocenters. The SMILES string of the molecule is C=CCn1c(=O)c2cnc(Nc3ccc4c(c3)CCNC4)nc2n1-c1cccn1C(C)(C)C. The summed E-state index contributed by atoms with van der Waals surface area (Å²) >= 11 is 0. The molecule has 0 spiro atoms. The zero-order valence-electron chi connectivity index (χ0n) is 19.3. The lowest BCUT2D eigenvalue weighted by Gasteiger charge is -2.25. The molecule has 0 saturated heterocycles. The topological polar surface area (TPSA) is 81.7 Å². The number of rotatable bonds is 5. The quantitative estimate of drug-likeness (QED) is 0.460. The van der Waals surface area contributed by atoms with Gasteiger partial charge in [0.2, 0.25) is 5.95 Å². The van der Waals surface area contributed by atoms with E-state index in [0.717, 1.165) is 31.0 Å². The molecule has 0 aliphatic carbocycles. The van der Waals surface area contributed by atoms with Crippen molar-refractivity contribution in [1.82, 2.24) is 29.2 Å². The van der Waals surface area contributed by atoms with Crippen molar-refractivity contribution in [2.75, 3.05) is 11.9 Å². The highest BCUT2D eigenvalue weighted by atomic mass is 16.1. The zero-order chi connectivity index (χ0) is 23.2. The Labute approximate surface area is 192 Å². The molecule has 0 fully saturated rings. The summed E-state index contributed by atoms with van der Waals surface area (Å²) in [5.74, 6) is 1.32. The summed E-state index contributed by atoms with van der Waals surface area (Å²) in [7, 11) is 0. The van der Waals surface area contributed by atoms with E-state index in [2.05, 4.69) is 59.7 Å². The summed E-state index contributed by atoms with van der Waals surface area (Å²) in [5.41, 5.74) is 3.84. The van der Waals surface area contributed by atoms with Crippen LogP contribution in [0.25, 0.3) is 16.9 Å². The first-order chi connectivity index (χ1) is 15.9. The third-order valence-corrected chi connectivity index (χ3v) is 5.99. The van der Waals surface area contributed by atoms with Gasteiger partial charge in [-0.3, -0.25) is 4.79 Å². The standard InChI is InChI=1S/C25H29N7O/c1-5-12-31-23(33)20-16-27-24(28-19-9-8-18-15-26-11-10-17(18)14-19)29-22(20)32(31)21-7-6-13-30(21)25(2,3)4/h5-9,13-14,16,26H,1,10-12,15H2,2-4H3,(H,27,28,29). The van der Waals surface area contributed by atoms with Crippen LogP contribution in [0.4, 0.5) is 11.6 Å². The van der Waals surface area contributed by atoms with Gasteiger partial charge in [-0.1, -0.05) is 12.1 Å². The smallest absolute Gasteiger partial charge is 0.278 e. The van der Waals surface area contributed by atoms with Crippen LogP contribution in [0.3, 0.4) is 0 Å². The van der Waals surface area contributed by atoms with E-state index in [9.17, 15) is 4.79 Å². The van der Waals surface area contributed by atoms with Gasteiger partial charge in [0.05, 0.1) is 6.54 Å². The molecule has 3 aromatic heterocycles. The minimum atomic E-state index is -0.170. The fourth-order valence-electron chi connectivity index (χ4n) is 4.40. The summed E-state index contributed by atoms with van der Waals surface area (Å²) in [5, 5.41) is 7.20. The van der Waals surface area contributed by atoms with Crippen molar-refractivity contribution in [3.05, 3.63) is 76.9 Å². The number of nitrogens with zero attached hydrogens (tertiary/aromatic N) is 5. The first-order valence-corrected chi connectivity index (χ1v) is 11.2. The number of allylic oxidation sites excluding steroid dienone is 1. The largest absolute Gasteiger partial charge is 0.328 e. The fraction of sp³-hybridized carbons (Fsp3) is 0.320. The number of nitrogens with one attached hydrogen (secondary N) is 2. The van der Waals surface area contributed by atoms with Crippen molar-refractivity contribution in [1.29, 1.82) is 0 Å². The van der Waals surface area contributed by atoms with Gasteiger partial charge in [0.15, 0.2) is 5.65 Å². The van der Waals surface area contributed by atoms with Gasteiger partial charge < -0.3 is 15.2 Å². The second-order valence-corrected chi connectivity index (χ2v) is 9.36. The average Bonchev–Trinajstić information content (AvgIpc) is 3.37. The number of anilines is 2. The maximum atomic E-state index is 13.2. The summed E-state index contributed by atoms with van der Waals surface area (Å²) in [6.07, 6.45) is 6.34. The predicted molar refractivity (Wildman–Crippen MR) is 131 cm³/mol. The van der Waals surface area contributed by atoms with E-state index >= 15 is 0 Å². The minimum Gasteiger partial charge on any atom is -0.328 e. The lowest BCUT2D eigenvalue weighted by Crippen LogP contribution is -2.28. The van der Waals surface area contributed by atoms with Crippen LogP contribution in [-0.4, -0.2) is 30.4 Å². The van der Waals surface area contributed by atoms with Gasteiger partial charge in [0.25, 0.3) is 5.56 Å². The van der Waals surface area contributed by atoms with Crippen LogP contribution < -0.4 is 16.2 Å². The highest BCUT2D eigenvalue weighted by Gasteiger charge is 2.23. The van der Waals surface area contributed by atoms with E-state index in [1.807, 2.05) is 29.1 Å².